The van der Waals surface area contributed by atoms with Crippen molar-refractivity contribution in [2.24, 2.45) is 12.8 Å². The van der Waals surface area contributed by atoms with Gasteiger partial charge in [-0.25, -0.2) is 0 Å². The molecule has 1 atom stereocenters. The van der Waals surface area contributed by atoms with Gasteiger partial charge in [0.25, 0.3) is 5.91 Å². The van der Waals surface area contributed by atoms with Crippen LogP contribution in [0.2, 0.25) is 5.02 Å². The summed E-state index contributed by atoms with van der Waals surface area (Å²) in [7, 11) is 4.03. The quantitative estimate of drug-likeness (QED) is 0.819. The third kappa shape index (κ3) is 4.52. The maximum atomic E-state index is 10.8. The first-order valence-electron chi connectivity index (χ1n) is 8.10. The summed E-state index contributed by atoms with van der Waals surface area (Å²) < 4.78 is 7.19. The van der Waals surface area contributed by atoms with E-state index >= 15 is 0 Å². The van der Waals surface area contributed by atoms with E-state index in [0.717, 1.165) is 17.8 Å². The number of nitrogens with zero attached hydrogens (tertiary/aromatic N) is 3. The maximum Gasteiger partial charge on any atom is 0.255 e. The molecule has 0 radical (unpaired) electrons. The molecule has 0 aliphatic rings. The Morgan fingerprint density at radius 1 is 1.44 bits per heavy atom. The molecule has 1 aromatic heterocycles. The second-order valence-electron chi connectivity index (χ2n) is 6.32. The number of aromatic nitrogens is 2. The van der Waals surface area contributed by atoms with E-state index in [2.05, 4.69) is 30.9 Å². The molecule has 1 amide bonds. The fourth-order valence-electron chi connectivity index (χ4n) is 2.95. The van der Waals surface area contributed by atoms with Crippen molar-refractivity contribution in [1.82, 2.24) is 14.7 Å². The van der Waals surface area contributed by atoms with Crippen LogP contribution in [-0.2, 0) is 18.4 Å². The molecule has 7 heteroatoms. The largest absolute Gasteiger partial charge is 0.482 e. The lowest BCUT2D eigenvalue weighted by atomic mass is 10.0. The highest BCUT2D eigenvalue weighted by atomic mass is 35.5. The predicted molar refractivity (Wildman–Crippen MR) is 98.7 cm³/mol. The number of primary amides is 1. The monoisotopic (exact) mass is 364 g/mol. The molecular weight excluding hydrogens is 340 g/mol. The van der Waals surface area contributed by atoms with Crippen LogP contribution >= 0.6 is 11.6 Å². The SMILES string of the molecule is Cc1nn(C)c(C)c1[C@H](C)N(C)Cc1ccc(OCC(N)=O)c(Cl)c1. The molecule has 1 heterocycles. The van der Waals surface area contributed by atoms with Gasteiger partial charge in [0.1, 0.15) is 5.75 Å². The number of carbonyl (C=O) groups excluding carboxylic acids is 1. The first kappa shape index (κ1) is 19.3. The van der Waals surface area contributed by atoms with Crippen LogP contribution in [0, 0.1) is 13.8 Å². The summed E-state index contributed by atoms with van der Waals surface area (Å²) in [5.41, 5.74) is 9.61. The van der Waals surface area contributed by atoms with E-state index in [4.69, 9.17) is 22.1 Å². The van der Waals surface area contributed by atoms with Crippen LogP contribution < -0.4 is 10.5 Å². The normalized spacial score (nSPS) is 12.4. The van der Waals surface area contributed by atoms with E-state index in [-0.39, 0.29) is 12.6 Å². The van der Waals surface area contributed by atoms with Crippen LogP contribution in [0.3, 0.4) is 0 Å². The lowest BCUT2D eigenvalue weighted by Crippen LogP contribution is -2.23. The summed E-state index contributed by atoms with van der Waals surface area (Å²) in [6.45, 7) is 6.83. The molecule has 25 heavy (non-hydrogen) atoms. The zero-order valence-corrected chi connectivity index (χ0v) is 16.1. The number of amides is 1. The van der Waals surface area contributed by atoms with Crippen LogP contribution in [0.15, 0.2) is 18.2 Å². The lowest BCUT2D eigenvalue weighted by Gasteiger charge is -2.25. The Morgan fingerprint density at radius 3 is 2.64 bits per heavy atom. The van der Waals surface area contributed by atoms with E-state index in [1.54, 1.807) is 6.07 Å². The summed E-state index contributed by atoms with van der Waals surface area (Å²) in [6, 6.07) is 5.77. The van der Waals surface area contributed by atoms with Gasteiger partial charge in [0, 0.05) is 30.9 Å². The molecule has 0 spiro atoms. The van der Waals surface area contributed by atoms with Gasteiger partial charge in [-0.2, -0.15) is 5.10 Å². The first-order chi connectivity index (χ1) is 11.7. The zero-order valence-electron chi connectivity index (χ0n) is 15.3. The van der Waals surface area contributed by atoms with Gasteiger partial charge >= 0.3 is 0 Å². The topological polar surface area (TPSA) is 73.4 Å². The summed E-state index contributed by atoms with van der Waals surface area (Å²) in [6.07, 6.45) is 0. The summed E-state index contributed by atoms with van der Waals surface area (Å²) in [5, 5.41) is 4.96. The van der Waals surface area contributed by atoms with E-state index in [0.29, 0.717) is 10.8 Å². The molecule has 0 aliphatic heterocycles. The number of hydrogen-bond donors (Lipinski definition) is 1. The van der Waals surface area contributed by atoms with Crippen LogP contribution in [0.4, 0.5) is 0 Å². The second kappa shape index (κ2) is 7.89. The number of nitrogens with two attached hydrogens (primary N) is 1. The Labute approximate surface area is 153 Å². The van der Waals surface area contributed by atoms with E-state index < -0.39 is 5.91 Å². The molecule has 1 aromatic carbocycles. The molecular formula is C18H25ClN4O2. The third-order valence-corrected chi connectivity index (χ3v) is 4.74. The molecule has 2 N–H and O–H groups in total. The summed E-state index contributed by atoms with van der Waals surface area (Å²) in [4.78, 5) is 13.0. The molecule has 0 unspecified atom stereocenters. The van der Waals surface area contributed by atoms with E-state index in [1.807, 2.05) is 30.8 Å². The van der Waals surface area contributed by atoms with Crippen molar-refractivity contribution in [3.05, 3.63) is 45.7 Å². The average molecular weight is 365 g/mol. The number of carbonyl (C=O) groups is 1. The smallest absolute Gasteiger partial charge is 0.255 e. The van der Waals surface area contributed by atoms with Crippen molar-refractivity contribution in [2.75, 3.05) is 13.7 Å². The van der Waals surface area contributed by atoms with Gasteiger partial charge in [-0.15, -0.1) is 0 Å². The predicted octanol–water partition coefficient (Wildman–Crippen LogP) is 2.75. The fraction of sp³-hybridized carbons (Fsp3) is 0.444. The average Bonchev–Trinajstić information content (AvgIpc) is 2.78. The second-order valence-corrected chi connectivity index (χ2v) is 6.73. The molecule has 2 aromatic rings. The van der Waals surface area contributed by atoms with Crippen LogP contribution in [0.1, 0.15) is 35.5 Å². The van der Waals surface area contributed by atoms with Gasteiger partial charge in [0.2, 0.25) is 0 Å². The molecule has 0 fully saturated rings. The van der Waals surface area contributed by atoms with Crippen LogP contribution in [-0.4, -0.2) is 34.2 Å². The van der Waals surface area contributed by atoms with Gasteiger partial charge in [-0.3, -0.25) is 14.4 Å². The summed E-state index contributed by atoms with van der Waals surface area (Å²) >= 11 is 6.24. The highest BCUT2D eigenvalue weighted by molar-refractivity contribution is 6.32. The van der Waals surface area contributed by atoms with Crippen LogP contribution in [0.5, 0.6) is 5.75 Å². The van der Waals surface area contributed by atoms with Gasteiger partial charge in [-0.05, 0) is 45.5 Å². The van der Waals surface area contributed by atoms with E-state index in [1.165, 1.54) is 11.3 Å². The maximum absolute atomic E-state index is 10.8. The van der Waals surface area contributed by atoms with Gasteiger partial charge < -0.3 is 10.5 Å². The Hall–Kier alpha value is -2.05. The van der Waals surface area contributed by atoms with Crippen molar-refractivity contribution in [3.63, 3.8) is 0 Å². The Morgan fingerprint density at radius 2 is 2.12 bits per heavy atom. The highest BCUT2D eigenvalue weighted by Gasteiger charge is 2.20. The Bertz CT molecular complexity index is 773. The standard InChI is InChI=1S/C18H25ClN4O2/c1-11-18(13(3)23(5)21-11)12(2)22(4)9-14-6-7-16(15(19)8-14)25-10-17(20)24/h6-8,12H,9-10H2,1-5H3,(H2,20,24)/t12-/m0/s1. The number of halogens is 1. The number of hydrogen-bond acceptors (Lipinski definition) is 4. The molecule has 0 saturated carbocycles. The number of aryl methyl sites for hydroxylation is 2. The van der Waals surface area contributed by atoms with E-state index in [9.17, 15) is 4.79 Å². The molecule has 136 valence electrons. The van der Waals surface area contributed by atoms with Crippen molar-refractivity contribution in [1.29, 1.82) is 0 Å². The first-order valence-corrected chi connectivity index (χ1v) is 8.48. The fourth-order valence-corrected chi connectivity index (χ4v) is 3.21. The van der Waals surface area contributed by atoms with Gasteiger partial charge in [-0.1, -0.05) is 17.7 Å². The third-order valence-electron chi connectivity index (χ3n) is 4.44. The van der Waals surface area contributed by atoms with Gasteiger partial charge in [0.15, 0.2) is 6.61 Å². The minimum absolute atomic E-state index is 0.185. The Kier molecular flexibility index (Phi) is 6.08. The minimum Gasteiger partial charge on any atom is -0.482 e. The molecule has 2 rings (SSSR count). The van der Waals surface area contributed by atoms with Crippen molar-refractivity contribution in [3.8, 4) is 5.75 Å². The molecule has 6 nitrogen and oxygen atoms in total. The summed E-state index contributed by atoms with van der Waals surface area (Å²) in [5.74, 6) is -0.0743. The minimum atomic E-state index is -0.532. The van der Waals surface area contributed by atoms with Crippen molar-refractivity contribution < 1.29 is 9.53 Å². The Balaban J connectivity index is 2.10. The number of rotatable bonds is 7. The number of benzene rings is 1. The molecule has 0 aliphatic carbocycles. The molecule has 0 bridgehead atoms. The van der Waals surface area contributed by atoms with Crippen LogP contribution in [0.25, 0.3) is 0 Å². The van der Waals surface area contributed by atoms with Crippen molar-refractivity contribution in [2.45, 2.75) is 33.4 Å². The lowest BCUT2D eigenvalue weighted by molar-refractivity contribution is -0.119. The van der Waals surface area contributed by atoms with Crippen molar-refractivity contribution >= 4 is 17.5 Å². The van der Waals surface area contributed by atoms with Gasteiger partial charge in [0.05, 0.1) is 10.7 Å². The highest BCUT2D eigenvalue weighted by Crippen LogP contribution is 2.29. The zero-order chi connectivity index (χ0) is 18.7. The molecule has 0 saturated heterocycles. The number of ether oxygens (including phenoxy) is 1.